The zero-order chi connectivity index (χ0) is 17.7. The molecule has 1 aromatic carbocycles. The second-order valence-electron chi connectivity index (χ2n) is 7.57. The quantitative estimate of drug-likeness (QED) is 0.677. The molecule has 3 aromatic rings. The number of fused-ring (bicyclic) bond motifs is 3. The van der Waals surface area contributed by atoms with Gasteiger partial charge in [0.2, 0.25) is 0 Å². The second kappa shape index (κ2) is 6.42. The molecule has 0 spiro atoms. The van der Waals surface area contributed by atoms with Gasteiger partial charge in [-0.05, 0) is 38.8 Å². The fourth-order valence-electron chi connectivity index (χ4n) is 4.34. The SMILES string of the molecule is Cc1csc(-c2ccc3c(CON[C@@H]4C[C@@H]5C[C@H]4CN5C)[nH]nc3c2)n1. The van der Waals surface area contributed by atoms with Crippen LogP contribution in [0.3, 0.4) is 0 Å². The molecule has 0 unspecified atom stereocenters. The molecule has 6 nitrogen and oxygen atoms in total. The monoisotopic (exact) mass is 369 g/mol. The molecule has 2 aliphatic rings. The zero-order valence-corrected chi connectivity index (χ0v) is 15.8. The van der Waals surface area contributed by atoms with E-state index < -0.39 is 0 Å². The van der Waals surface area contributed by atoms with Crippen LogP contribution >= 0.6 is 11.3 Å². The molecule has 1 aliphatic heterocycles. The molecule has 1 saturated carbocycles. The maximum Gasteiger partial charge on any atom is 0.123 e. The lowest BCUT2D eigenvalue weighted by molar-refractivity contribution is -0.0144. The van der Waals surface area contributed by atoms with E-state index in [0.29, 0.717) is 18.6 Å². The van der Waals surface area contributed by atoms with Crippen LogP contribution < -0.4 is 5.48 Å². The van der Waals surface area contributed by atoms with Crippen LogP contribution in [0.1, 0.15) is 24.2 Å². The standard InChI is InChI=1S/C19H23N5OS/c1-11-10-26-19(20-11)12-3-4-15-17(6-12)21-22-18(15)9-25-23-16-7-14-5-13(16)8-24(14)2/h3-4,6,10,13-14,16,23H,5,7-9H2,1-2H3,(H,21,22)/t13-,14-,16+/m0/s1. The fraction of sp³-hybridized carbons (Fsp3) is 0.474. The molecule has 2 fully saturated rings. The number of H-pyrrole nitrogens is 1. The van der Waals surface area contributed by atoms with Gasteiger partial charge in [-0.25, -0.2) is 4.98 Å². The van der Waals surface area contributed by atoms with Gasteiger partial charge in [-0.15, -0.1) is 11.3 Å². The third kappa shape index (κ3) is 2.85. The summed E-state index contributed by atoms with van der Waals surface area (Å²) in [7, 11) is 2.22. The highest BCUT2D eigenvalue weighted by atomic mass is 32.1. The molecule has 136 valence electrons. The lowest BCUT2D eigenvalue weighted by Gasteiger charge is -2.28. The van der Waals surface area contributed by atoms with Gasteiger partial charge in [0.1, 0.15) is 11.6 Å². The van der Waals surface area contributed by atoms with E-state index in [1.807, 2.05) is 6.92 Å². The summed E-state index contributed by atoms with van der Waals surface area (Å²) in [5.41, 5.74) is 7.42. The Morgan fingerprint density at radius 2 is 2.31 bits per heavy atom. The van der Waals surface area contributed by atoms with Crippen molar-refractivity contribution >= 4 is 22.2 Å². The number of hydrogen-bond donors (Lipinski definition) is 2. The number of benzene rings is 1. The Morgan fingerprint density at radius 1 is 1.38 bits per heavy atom. The topological polar surface area (TPSA) is 66.1 Å². The highest BCUT2D eigenvalue weighted by molar-refractivity contribution is 7.13. The van der Waals surface area contributed by atoms with Crippen LogP contribution in [0.15, 0.2) is 23.6 Å². The summed E-state index contributed by atoms with van der Waals surface area (Å²) < 4.78 is 0. The van der Waals surface area contributed by atoms with E-state index >= 15 is 0 Å². The average molecular weight is 369 g/mol. The van der Waals surface area contributed by atoms with Gasteiger partial charge in [0.25, 0.3) is 0 Å². The second-order valence-corrected chi connectivity index (χ2v) is 8.42. The number of piperidine rings is 1. The highest BCUT2D eigenvalue weighted by Crippen LogP contribution is 2.36. The lowest BCUT2D eigenvalue weighted by atomic mass is 10.0. The molecular weight excluding hydrogens is 346 g/mol. The first-order chi connectivity index (χ1) is 12.7. The first-order valence-electron chi connectivity index (χ1n) is 9.14. The smallest absolute Gasteiger partial charge is 0.123 e. The molecule has 3 heterocycles. The molecule has 2 aromatic heterocycles. The number of aromatic amines is 1. The van der Waals surface area contributed by atoms with E-state index in [9.17, 15) is 0 Å². The van der Waals surface area contributed by atoms with Gasteiger partial charge in [-0.3, -0.25) is 9.94 Å². The molecule has 1 aliphatic carbocycles. The molecule has 2 N–H and O–H groups in total. The van der Waals surface area contributed by atoms with Crippen molar-refractivity contribution < 1.29 is 4.84 Å². The van der Waals surface area contributed by atoms with Gasteiger partial charge in [0.15, 0.2) is 0 Å². The van der Waals surface area contributed by atoms with Gasteiger partial charge < -0.3 is 4.90 Å². The summed E-state index contributed by atoms with van der Waals surface area (Å²) in [5.74, 6) is 0.716. The summed E-state index contributed by atoms with van der Waals surface area (Å²) in [6.07, 6.45) is 2.48. The Bertz CT molecular complexity index is 933. The molecule has 0 amide bonds. The van der Waals surface area contributed by atoms with Gasteiger partial charge in [0, 0.05) is 40.7 Å². The van der Waals surface area contributed by atoms with Crippen molar-refractivity contribution in [3.8, 4) is 10.6 Å². The Kier molecular flexibility index (Phi) is 4.04. The number of thiazole rings is 1. The number of likely N-dealkylation sites (tertiary alicyclic amines) is 1. The first-order valence-corrected chi connectivity index (χ1v) is 10.0. The Morgan fingerprint density at radius 3 is 3.04 bits per heavy atom. The third-order valence-electron chi connectivity index (χ3n) is 5.77. The van der Waals surface area contributed by atoms with Crippen LogP contribution in [0.5, 0.6) is 0 Å². The van der Waals surface area contributed by atoms with E-state index in [1.54, 1.807) is 11.3 Å². The summed E-state index contributed by atoms with van der Waals surface area (Å²) in [4.78, 5) is 12.8. The molecular formula is C19H23N5OS. The summed E-state index contributed by atoms with van der Waals surface area (Å²) in [6.45, 7) is 3.69. The minimum Gasteiger partial charge on any atom is -0.303 e. The van der Waals surface area contributed by atoms with Crippen molar-refractivity contribution in [1.82, 2.24) is 25.6 Å². The predicted molar refractivity (Wildman–Crippen MR) is 103 cm³/mol. The van der Waals surface area contributed by atoms with Gasteiger partial charge in [-0.2, -0.15) is 10.6 Å². The number of hydroxylamine groups is 1. The molecule has 0 radical (unpaired) electrons. The van der Waals surface area contributed by atoms with Crippen LogP contribution in [0.2, 0.25) is 0 Å². The van der Waals surface area contributed by atoms with E-state index in [2.05, 4.69) is 56.2 Å². The van der Waals surface area contributed by atoms with Crippen LogP contribution in [-0.2, 0) is 11.4 Å². The maximum atomic E-state index is 5.83. The minimum absolute atomic E-state index is 0.477. The van der Waals surface area contributed by atoms with Gasteiger partial charge >= 0.3 is 0 Å². The average Bonchev–Trinajstić information content (AvgIpc) is 3.39. The minimum atomic E-state index is 0.477. The Labute approximate surface area is 156 Å². The van der Waals surface area contributed by atoms with Crippen molar-refractivity contribution in [2.75, 3.05) is 13.6 Å². The first kappa shape index (κ1) is 16.4. The molecule has 1 saturated heterocycles. The number of nitrogens with zero attached hydrogens (tertiary/aromatic N) is 3. The van der Waals surface area contributed by atoms with Crippen LogP contribution in [0, 0.1) is 12.8 Å². The molecule has 5 rings (SSSR count). The van der Waals surface area contributed by atoms with E-state index in [1.165, 1.54) is 19.4 Å². The van der Waals surface area contributed by atoms with Crippen molar-refractivity contribution in [3.05, 3.63) is 35.0 Å². The maximum absolute atomic E-state index is 5.83. The number of aryl methyl sites for hydroxylation is 1. The van der Waals surface area contributed by atoms with Crippen molar-refractivity contribution in [2.45, 2.75) is 38.5 Å². The van der Waals surface area contributed by atoms with Gasteiger partial charge in [0.05, 0.1) is 11.2 Å². The van der Waals surface area contributed by atoms with Crippen LogP contribution in [0.4, 0.5) is 0 Å². The van der Waals surface area contributed by atoms with Crippen molar-refractivity contribution in [1.29, 1.82) is 0 Å². The number of hydrogen-bond acceptors (Lipinski definition) is 6. The van der Waals surface area contributed by atoms with Crippen LogP contribution in [-0.4, -0.2) is 45.8 Å². The lowest BCUT2D eigenvalue weighted by Crippen LogP contribution is -2.42. The summed E-state index contributed by atoms with van der Waals surface area (Å²) in [5, 5.41) is 11.8. The predicted octanol–water partition coefficient (Wildman–Crippen LogP) is 3.11. The highest BCUT2D eigenvalue weighted by Gasteiger charge is 2.43. The summed E-state index contributed by atoms with van der Waals surface area (Å²) >= 11 is 1.66. The molecule has 26 heavy (non-hydrogen) atoms. The fourth-order valence-corrected chi connectivity index (χ4v) is 5.13. The number of rotatable bonds is 5. The van der Waals surface area contributed by atoms with E-state index in [-0.39, 0.29) is 0 Å². The van der Waals surface area contributed by atoms with Crippen LogP contribution in [0.25, 0.3) is 21.5 Å². The molecule has 3 atom stereocenters. The molecule has 7 heteroatoms. The third-order valence-corrected chi connectivity index (χ3v) is 6.78. The van der Waals surface area contributed by atoms with Crippen molar-refractivity contribution in [2.24, 2.45) is 5.92 Å². The van der Waals surface area contributed by atoms with E-state index in [0.717, 1.165) is 38.9 Å². The Hall–Kier alpha value is -1.80. The Balaban J connectivity index is 1.25. The van der Waals surface area contributed by atoms with Crippen molar-refractivity contribution in [3.63, 3.8) is 0 Å². The number of nitrogens with one attached hydrogen (secondary N) is 2. The summed E-state index contributed by atoms with van der Waals surface area (Å²) in [6, 6.07) is 7.51. The number of aromatic nitrogens is 3. The van der Waals surface area contributed by atoms with Gasteiger partial charge in [-0.1, -0.05) is 12.1 Å². The zero-order valence-electron chi connectivity index (χ0n) is 15.0. The normalized spacial score (nSPS) is 25.5. The molecule has 2 bridgehead atoms. The van der Waals surface area contributed by atoms with E-state index in [4.69, 9.17) is 4.84 Å². The largest absolute Gasteiger partial charge is 0.303 e.